The Morgan fingerprint density at radius 1 is 1.21 bits per heavy atom. The zero-order valence-corrected chi connectivity index (χ0v) is 12.2. The Labute approximate surface area is 113 Å². The third-order valence-electron chi connectivity index (χ3n) is 3.19. The SMILES string of the molecule is COc1cc(OC)c2c(C)c(CNC(C)C)oc2c1. The lowest BCUT2D eigenvalue weighted by Gasteiger charge is -2.06. The fourth-order valence-electron chi connectivity index (χ4n) is 2.11. The van der Waals surface area contributed by atoms with Crippen molar-refractivity contribution in [2.45, 2.75) is 33.4 Å². The van der Waals surface area contributed by atoms with Gasteiger partial charge >= 0.3 is 0 Å². The summed E-state index contributed by atoms with van der Waals surface area (Å²) < 4.78 is 16.6. The first-order chi connectivity index (χ1) is 9.06. The molecule has 2 rings (SSSR count). The van der Waals surface area contributed by atoms with E-state index >= 15 is 0 Å². The number of rotatable bonds is 5. The zero-order valence-electron chi connectivity index (χ0n) is 12.2. The molecule has 0 saturated heterocycles. The number of furan rings is 1. The molecule has 1 N–H and O–H groups in total. The van der Waals surface area contributed by atoms with Gasteiger partial charge in [-0.3, -0.25) is 0 Å². The first-order valence-electron chi connectivity index (χ1n) is 6.44. The van der Waals surface area contributed by atoms with Crippen LogP contribution in [-0.2, 0) is 6.54 Å². The van der Waals surface area contributed by atoms with Gasteiger partial charge < -0.3 is 19.2 Å². The summed E-state index contributed by atoms with van der Waals surface area (Å²) in [5.41, 5.74) is 1.91. The lowest BCUT2D eigenvalue weighted by atomic mass is 10.1. The van der Waals surface area contributed by atoms with E-state index in [1.54, 1.807) is 14.2 Å². The van der Waals surface area contributed by atoms with Crippen molar-refractivity contribution in [1.82, 2.24) is 5.32 Å². The Kier molecular flexibility index (Phi) is 4.00. The van der Waals surface area contributed by atoms with Gasteiger partial charge in [-0.25, -0.2) is 0 Å². The van der Waals surface area contributed by atoms with Crippen molar-refractivity contribution in [3.05, 3.63) is 23.5 Å². The highest BCUT2D eigenvalue weighted by Crippen LogP contribution is 2.36. The van der Waals surface area contributed by atoms with Gasteiger partial charge in [-0.2, -0.15) is 0 Å². The predicted octanol–water partition coefficient (Wildman–Crippen LogP) is 3.26. The summed E-state index contributed by atoms with van der Waals surface area (Å²) in [4.78, 5) is 0. The molecule has 4 nitrogen and oxygen atoms in total. The number of hydrogen-bond acceptors (Lipinski definition) is 4. The Morgan fingerprint density at radius 3 is 2.53 bits per heavy atom. The molecule has 0 atom stereocenters. The lowest BCUT2D eigenvalue weighted by molar-refractivity contribution is 0.396. The molecule has 0 saturated carbocycles. The molecule has 0 spiro atoms. The summed E-state index contributed by atoms with van der Waals surface area (Å²) in [5, 5.41) is 4.38. The Balaban J connectivity index is 2.49. The highest BCUT2D eigenvalue weighted by Gasteiger charge is 2.16. The maximum Gasteiger partial charge on any atom is 0.142 e. The lowest BCUT2D eigenvalue weighted by Crippen LogP contribution is -2.21. The first kappa shape index (κ1) is 13.7. The summed E-state index contributed by atoms with van der Waals surface area (Å²) in [7, 11) is 3.30. The van der Waals surface area contributed by atoms with E-state index in [2.05, 4.69) is 26.1 Å². The van der Waals surface area contributed by atoms with Crippen LogP contribution in [0.3, 0.4) is 0 Å². The number of ether oxygens (including phenoxy) is 2. The van der Waals surface area contributed by atoms with Crippen molar-refractivity contribution < 1.29 is 13.9 Å². The van der Waals surface area contributed by atoms with Gasteiger partial charge in [-0.1, -0.05) is 13.8 Å². The monoisotopic (exact) mass is 263 g/mol. The fourth-order valence-corrected chi connectivity index (χ4v) is 2.11. The summed E-state index contributed by atoms with van der Waals surface area (Å²) in [6.45, 7) is 6.99. The summed E-state index contributed by atoms with van der Waals surface area (Å²) in [6, 6.07) is 4.19. The topological polar surface area (TPSA) is 43.6 Å². The van der Waals surface area contributed by atoms with Gasteiger partial charge in [0.25, 0.3) is 0 Å². The minimum absolute atomic E-state index is 0.420. The van der Waals surface area contributed by atoms with Crippen molar-refractivity contribution in [2.24, 2.45) is 0 Å². The minimum Gasteiger partial charge on any atom is -0.496 e. The van der Waals surface area contributed by atoms with E-state index in [4.69, 9.17) is 13.9 Å². The summed E-state index contributed by atoms with van der Waals surface area (Å²) >= 11 is 0. The number of aryl methyl sites for hydroxylation is 1. The smallest absolute Gasteiger partial charge is 0.142 e. The normalized spacial score (nSPS) is 11.3. The zero-order chi connectivity index (χ0) is 14.0. The number of methoxy groups -OCH3 is 2. The van der Waals surface area contributed by atoms with Crippen LogP contribution in [-0.4, -0.2) is 20.3 Å². The van der Waals surface area contributed by atoms with Gasteiger partial charge in [0.1, 0.15) is 22.8 Å². The van der Waals surface area contributed by atoms with Crippen molar-refractivity contribution >= 4 is 11.0 Å². The van der Waals surface area contributed by atoms with Crippen LogP contribution in [0.25, 0.3) is 11.0 Å². The Hall–Kier alpha value is -1.68. The third-order valence-corrected chi connectivity index (χ3v) is 3.19. The number of nitrogens with one attached hydrogen (secondary N) is 1. The summed E-state index contributed by atoms with van der Waals surface area (Å²) in [5.74, 6) is 2.46. The number of fused-ring (bicyclic) bond motifs is 1. The van der Waals surface area contributed by atoms with Crippen LogP contribution < -0.4 is 14.8 Å². The second-order valence-electron chi connectivity index (χ2n) is 4.89. The average Bonchev–Trinajstić information content (AvgIpc) is 2.72. The van der Waals surface area contributed by atoms with Crippen LogP contribution in [0.2, 0.25) is 0 Å². The van der Waals surface area contributed by atoms with Gasteiger partial charge in [-0.05, 0) is 6.92 Å². The molecule has 19 heavy (non-hydrogen) atoms. The summed E-state index contributed by atoms with van der Waals surface area (Å²) in [6.07, 6.45) is 0. The quantitative estimate of drug-likeness (QED) is 0.899. The highest BCUT2D eigenvalue weighted by molar-refractivity contribution is 5.89. The van der Waals surface area contributed by atoms with E-state index in [0.717, 1.165) is 33.8 Å². The predicted molar refractivity (Wildman–Crippen MR) is 76.0 cm³/mol. The second kappa shape index (κ2) is 5.53. The van der Waals surface area contributed by atoms with E-state index in [0.29, 0.717) is 12.6 Å². The third kappa shape index (κ3) is 2.68. The van der Waals surface area contributed by atoms with Crippen molar-refractivity contribution in [2.75, 3.05) is 14.2 Å². The van der Waals surface area contributed by atoms with Gasteiger partial charge in [0.15, 0.2) is 0 Å². The second-order valence-corrected chi connectivity index (χ2v) is 4.89. The van der Waals surface area contributed by atoms with Gasteiger partial charge in [-0.15, -0.1) is 0 Å². The Morgan fingerprint density at radius 2 is 1.95 bits per heavy atom. The van der Waals surface area contributed by atoms with E-state index in [1.807, 2.05) is 12.1 Å². The van der Waals surface area contributed by atoms with Gasteiger partial charge in [0, 0.05) is 23.7 Å². The largest absolute Gasteiger partial charge is 0.496 e. The molecule has 0 aliphatic rings. The fraction of sp³-hybridized carbons (Fsp3) is 0.467. The van der Waals surface area contributed by atoms with Gasteiger partial charge in [0.2, 0.25) is 0 Å². The van der Waals surface area contributed by atoms with E-state index < -0.39 is 0 Å². The van der Waals surface area contributed by atoms with E-state index in [9.17, 15) is 0 Å². The molecule has 1 aromatic carbocycles. The molecule has 1 heterocycles. The molecule has 0 aliphatic heterocycles. The standard InChI is InChI=1S/C15H21NO3/c1-9(2)16-8-14-10(3)15-12(18-5)6-11(17-4)7-13(15)19-14/h6-7,9,16H,8H2,1-5H3. The molecular weight excluding hydrogens is 242 g/mol. The molecule has 1 aromatic heterocycles. The van der Waals surface area contributed by atoms with Crippen LogP contribution in [0.5, 0.6) is 11.5 Å². The molecule has 104 valence electrons. The molecule has 0 amide bonds. The van der Waals surface area contributed by atoms with E-state index in [1.165, 1.54) is 0 Å². The molecule has 0 radical (unpaired) electrons. The maximum absolute atomic E-state index is 5.91. The number of benzene rings is 1. The van der Waals surface area contributed by atoms with Crippen LogP contribution >= 0.6 is 0 Å². The molecule has 0 unspecified atom stereocenters. The van der Waals surface area contributed by atoms with E-state index in [-0.39, 0.29) is 0 Å². The highest BCUT2D eigenvalue weighted by atomic mass is 16.5. The maximum atomic E-state index is 5.91. The molecule has 0 aliphatic carbocycles. The van der Waals surface area contributed by atoms with Crippen molar-refractivity contribution in [1.29, 1.82) is 0 Å². The van der Waals surface area contributed by atoms with Crippen LogP contribution in [0.1, 0.15) is 25.2 Å². The van der Waals surface area contributed by atoms with Crippen LogP contribution in [0, 0.1) is 6.92 Å². The number of hydrogen-bond donors (Lipinski definition) is 1. The minimum atomic E-state index is 0.420. The van der Waals surface area contributed by atoms with Crippen molar-refractivity contribution in [3.63, 3.8) is 0 Å². The molecule has 0 fully saturated rings. The van der Waals surface area contributed by atoms with Crippen LogP contribution in [0.15, 0.2) is 16.5 Å². The molecular formula is C15H21NO3. The average molecular weight is 263 g/mol. The molecule has 0 bridgehead atoms. The first-order valence-corrected chi connectivity index (χ1v) is 6.44. The molecule has 4 heteroatoms. The van der Waals surface area contributed by atoms with Crippen LogP contribution in [0.4, 0.5) is 0 Å². The Bertz CT molecular complexity index is 572. The molecule has 2 aromatic rings. The van der Waals surface area contributed by atoms with Crippen molar-refractivity contribution in [3.8, 4) is 11.5 Å². The van der Waals surface area contributed by atoms with Gasteiger partial charge in [0.05, 0.1) is 26.2 Å².